The highest BCUT2D eigenvalue weighted by Gasteiger charge is 2.68. The van der Waals surface area contributed by atoms with Crippen LogP contribution in [0.25, 0.3) is 21.9 Å². The normalized spacial score (nSPS) is 27.4. The third kappa shape index (κ3) is 5.43. The minimum Gasteiger partial charge on any atom is -0.404 e. The van der Waals surface area contributed by atoms with Gasteiger partial charge >= 0.3 is 7.12 Å². The van der Waals surface area contributed by atoms with Crippen molar-refractivity contribution in [3.05, 3.63) is 42.6 Å². The van der Waals surface area contributed by atoms with E-state index in [0.29, 0.717) is 24.2 Å². The smallest absolute Gasteiger partial charge is 0.404 e. The van der Waals surface area contributed by atoms with Crippen LogP contribution in [0.5, 0.6) is 0 Å². The number of pyridine rings is 1. The summed E-state index contributed by atoms with van der Waals surface area (Å²) >= 11 is 0. The maximum Gasteiger partial charge on any atom is 0.481 e. The molecule has 3 aromatic rings. The summed E-state index contributed by atoms with van der Waals surface area (Å²) in [6.45, 7) is 15.7. The van der Waals surface area contributed by atoms with Crippen molar-refractivity contribution in [3.63, 3.8) is 0 Å². The number of carbonyl (C=O) groups is 2. The molecule has 0 radical (unpaired) electrons. The molecule has 6 atom stereocenters. The third-order valence-electron chi connectivity index (χ3n) is 10.8. The molecule has 2 aromatic heterocycles. The Kier molecular flexibility index (Phi) is 8.00. The van der Waals surface area contributed by atoms with Gasteiger partial charge in [0.1, 0.15) is 0 Å². The van der Waals surface area contributed by atoms with Crippen LogP contribution in [0.1, 0.15) is 80.6 Å². The number of aromatic nitrogens is 2. The molecule has 8 heteroatoms. The van der Waals surface area contributed by atoms with Gasteiger partial charge in [-0.05, 0) is 79.9 Å². The van der Waals surface area contributed by atoms with Crippen LogP contribution in [-0.2, 0) is 25.4 Å². The van der Waals surface area contributed by atoms with E-state index in [1.165, 1.54) is 6.42 Å². The van der Waals surface area contributed by atoms with E-state index in [2.05, 4.69) is 58.8 Å². The number of nitrogens with zero attached hydrogens (tertiary/aromatic N) is 2. The zero-order valence-corrected chi connectivity index (χ0v) is 26.9. The monoisotopic (exact) mass is 585 g/mol. The van der Waals surface area contributed by atoms with E-state index in [0.717, 1.165) is 34.8 Å². The number of Topliss-reactive ketones (excluding diaryl/α,β-unsaturated/α-hetero) is 1. The van der Waals surface area contributed by atoms with E-state index in [-0.39, 0.29) is 53.6 Å². The molecule has 4 aliphatic rings. The summed E-state index contributed by atoms with van der Waals surface area (Å²) in [5, 5.41) is 4.37. The molecule has 1 aliphatic heterocycles. The minimum absolute atomic E-state index is 0.0432. The molecule has 7 nitrogen and oxygen atoms in total. The molecule has 230 valence electrons. The molecule has 2 bridgehead atoms. The minimum atomic E-state index is -0.475. The standard InChI is InChI=1S/C35H48BN3O4/c1-21(2)15-23(17-25(40)20-39-27-12-9-8-11-26(27)32-28(39)13-10-14-37-32)33(41)38-31(16-22(3)4)36-42-30-19-24-18-29(34(24,5)6)35(30,7)43-36/h8-14,21-24,29-31H,15-20H2,1-7H3,(H,38,41)/t23-,24+,29+,30-,31+,35+/m1/s1. The number of hydrogen-bond donors (Lipinski definition) is 1. The van der Waals surface area contributed by atoms with Gasteiger partial charge in [-0.15, -0.1) is 0 Å². The lowest BCUT2D eigenvalue weighted by atomic mass is 9.43. The Labute approximate surface area is 256 Å². The van der Waals surface area contributed by atoms with Gasteiger partial charge in [-0.25, -0.2) is 0 Å². The largest absolute Gasteiger partial charge is 0.481 e. The first kappa shape index (κ1) is 30.3. The summed E-state index contributed by atoms with van der Waals surface area (Å²) in [7, 11) is -0.475. The number of amides is 1. The number of benzene rings is 1. The second kappa shape index (κ2) is 11.3. The fourth-order valence-electron chi connectivity index (χ4n) is 8.52. The van der Waals surface area contributed by atoms with Crippen LogP contribution in [0, 0.1) is 35.0 Å². The zero-order valence-electron chi connectivity index (χ0n) is 26.9. The van der Waals surface area contributed by atoms with Gasteiger partial charge in [0, 0.05) is 23.9 Å². The number of carbonyl (C=O) groups excluding carboxylic acids is 2. The second-order valence-electron chi connectivity index (χ2n) is 15.1. The first-order chi connectivity index (χ1) is 20.4. The average Bonchev–Trinajstić information content (AvgIpc) is 3.47. The average molecular weight is 586 g/mol. The van der Waals surface area contributed by atoms with Crippen molar-refractivity contribution in [1.29, 1.82) is 0 Å². The number of para-hydroxylation sites is 1. The molecule has 3 heterocycles. The van der Waals surface area contributed by atoms with Crippen LogP contribution < -0.4 is 5.32 Å². The molecule has 43 heavy (non-hydrogen) atoms. The van der Waals surface area contributed by atoms with Gasteiger partial charge in [-0.3, -0.25) is 14.6 Å². The van der Waals surface area contributed by atoms with Crippen molar-refractivity contribution >= 4 is 40.7 Å². The number of ketones is 1. The Morgan fingerprint density at radius 2 is 1.74 bits per heavy atom. The molecular weight excluding hydrogens is 537 g/mol. The van der Waals surface area contributed by atoms with Crippen LogP contribution in [0.2, 0.25) is 0 Å². The number of fused-ring (bicyclic) bond motifs is 3. The highest BCUT2D eigenvalue weighted by atomic mass is 16.7. The maximum absolute atomic E-state index is 14.0. The predicted molar refractivity (Wildman–Crippen MR) is 171 cm³/mol. The topological polar surface area (TPSA) is 82.5 Å². The maximum atomic E-state index is 14.0. The van der Waals surface area contributed by atoms with Crippen LogP contribution in [0.4, 0.5) is 0 Å². The molecule has 3 aliphatic carbocycles. The Balaban J connectivity index is 1.18. The van der Waals surface area contributed by atoms with Crippen molar-refractivity contribution in [1.82, 2.24) is 14.9 Å². The van der Waals surface area contributed by atoms with Crippen molar-refractivity contribution in [3.8, 4) is 0 Å². The summed E-state index contributed by atoms with van der Waals surface area (Å²) in [5.41, 5.74) is 2.75. The van der Waals surface area contributed by atoms with Crippen molar-refractivity contribution < 1.29 is 18.9 Å². The van der Waals surface area contributed by atoms with Crippen molar-refractivity contribution in [2.24, 2.45) is 35.0 Å². The molecule has 0 unspecified atom stereocenters. The van der Waals surface area contributed by atoms with E-state index >= 15 is 0 Å². The van der Waals surface area contributed by atoms with Crippen molar-refractivity contribution in [2.45, 2.75) is 105 Å². The lowest BCUT2D eigenvalue weighted by Crippen LogP contribution is -2.65. The predicted octanol–water partition coefficient (Wildman–Crippen LogP) is 6.61. The highest BCUT2D eigenvalue weighted by Crippen LogP contribution is 2.65. The molecule has 1 amide bonds. The fourth-order valence-corrected chi connectivity index (χ4v) is 8.52. The van der Waals surface area contributed by atoms with Gasteiger partial charge in [0.05, 0.1) is 40.7 Å². The lowest BCUT2D eigenvalue weighted by molar-refractivity contribution is -0.199. The molecule has 4 fully saturated rings. The SMILES string of the molecule is CC(C)C[C@H](CC(=O)Cn1c2ccccc2c2ncccc21)C(=O)N[C@@H](CC(C)C)B1O[C@@H]2C[C@@H]3C[C@@H](C3(C)C)[C@]2(C)O1. The van der Waals surface area contributed by atoms with Crippen LogP contribution in [-0.4, -0.2) is 46.0 Å². The lowest BCUT2D eigenvalue weighted by Gasteiger charge is -2.64. The van der Waals surface area contributed by atoms with E-state index in [9.17, 15) is 9.59 Å². The Hall–Kier alpha value is -2.71. The van der Waals surface area contributed by atoms with Gasteiger partial charge in [0.15, 0.2) is 5.78 Å². The van der Waals surface area contributed by atoms with Crippen molar-refractivity contribution in [2.75, 3.05) is 0 Å². The summed E-state index contributed by atoms with van der Waals surface area (Å²) in [4.78, 5) is 32.2. The quantitative estimate of drug-likeness (QED) is 0.256. The van der Waals surface area contributed by atoms with Crippen LogP contribution in [0.15, 0.2) is 42.6 Å². The van der Waals surface area contributed by atoms with Crippen LogP contribution >= 0.6 is 0 Å². The molecule has 1 N–H and O–H groups in total. The zero-order chi connectivity index (χ0) is 30.7. The Morgan fingerprint density at radius 1 is 1.02 bits per heavy atom. The van der Waals surface area contributed by atoms with E-state index in [1.54, 1.807) is 6.20 Å². The molecule has 0 spiro atoms. The summed E-state index contributed by atoms with van der Waals surface area (Å²) < 4.78 is 15.4. The number of rotatable bonds is 11. The summed E-state index contributed by atoms with van der Waals surface area (Å²) in [6, 6.07) is 12.0. The molecule has 3 saturated carbocycles. The van der Waals surface area contributed by atoms with E-state index in [4.69, 9.17) is 9.31 Å². The van der Waals surface area contributed by atoms with E-state index in [1.807, 2.05) is 41.0 Å². The third-order valence-corrected chi connectivity index (χ3v) is 10.8. The summed E-state index contributed by atoms with van der Waals surface area (Å²) in [5.74, 6) is 1.05. The van der Waals surface area contributed by atoms with Gasteiger partial charge in [0.25, 0.3) is 0 Å². The van der Waals surface area contributed by atoms with Crippen LogP contribution in [0.3, 0.4) is 0 Å². The first-order valence-corrected chi connectivity index (χ1v) is 16.4. The number of hydrogen-bond acceptors (Lipinski definition) is 5. The Bertz CT molecular complexity index is 1460. The summed E-state index contributed by atoms with van der Waals surface area (Å²) in [6.07, 6.45) is 5.65. The van der Waals surface area contributed by atoms with Gasteiger partial charge in [0.2, 0.25) is 5.91 Å². The van der Waals surface area contributed by atoms with Gasteiger partial charge in [-0.1, -0.05) is 59.7 Å². The molecule has 7 rings (SSSR count). The highest BCUT2D eigenvalue weighted by molar-refractivity contribution is 6.47. The van der Waals surface area contributed by atoms with Gasteiger partial charge < -0.3 is 19.2 Å². The Morgan fingerprint density at radius 3 is 2.47 bits per heavy atom. The van der Waals surface area contributed by atoms with E-state index < -0.39 is 13.0 Å². The first-order valence-electron chi connectivity index (χ1n) is 16.4. The second-order valence-corrected chi connectivity index (χ2v) is 15.1. The van der Waals surface area contributed by atoms with Gasteiger partial charge in [-0.2, -0.15) is 0 Å². The molecule has 1 saturated heterocycles. The fraction of sp³-hybridized carbons (Fsp3) is 0.629. The molecule has 1 aromatic carbocycles. The molecular formula is C35H48BN3O4. The number of nitrogens with one attached hydrogen (secondary N) is 1.